The maximum atomic E-state index is 11.3. The zero-order valence-electron chi connectivity index (χ0n) is 13.5. The van der Waals surface area contributed by atoms with Crippen molar-refractivity contribution in [3.05, 3.63) is 39.9 Å². The molecule has 1 heterocycles. The fraction of sp³-hybridized carbons (Fsp3) is 0.471. The van der Waals surface area contributed by atoms with Gasteiger partial charge in [-0.25, -0.2) is 0 Å². The molecule has 1 aliphatic heterocycles. The highest BCUT2D eigenvalue weighted by Gasteiger charge is 2.16. The van der Waals surface area contributed by atoms with Gasteiger partial charge in [0.15, 0.2) is 0 Å². The van der Waals surface area contributed by atoms with E-state index in [-0.39, 0.29) is 5.91 Å². The molecule has 2 rings (SSSR count). The lowest BCUT2D eigenvalue weighted by Crippen LogP contribution is -2.33. The van der Waals surface area contributed by atoms with Crippen LogP contribution in [0.4, 0.5) is 0 Å². The molecule has 2 nitrogen and oxygen atoms in total. The van der Waals surface area contributed by atoms with Crippen molar-refractivity contribution in [2.75, 3.05) is 13.1 Å². The average Bonchev–Trinajstić information content (AvgIpc) is 2.54. The summed E-state index contributed by atoms with van der Waals surface area (Å²) < 4.78 is 0. The van der Waals surface area contributed by atoms with Gasteiger partial charge >= 0.3 is 0 Å². The molecule has 118 valence electrons. The largest absolute Gasteiger partial charge is 0.338 e. The molecule has 0 aromatic heterocycles. The second kappa shape index (κ2) is 10.7. The molecular formula is C17H25Cl2NO. The molecule has 0 atom stereocenters. The van der Waals surface area contributed by atoms with Gasteiger partial charge in [-0.15, -0.1) is 0 Å². The van der Waals surface area contributed by atoms with Crippen LogP contribution in [0.5, 0.6) is 0 Å². The number of halogens is 2. The van der Waals surface area contributed by atoms with Crippen molar-refractivity contribution in [1.82, 2.24) is 4.90 Å². The molecule has 0 saturated carbocycles. The summed E-state index contributed by atoms with van der Waals surface area (Å²) in [6.07, 6.45) is 3.04. The van der Waals surface area contributed by atoms with Crippen molar-refractivity contribution in [2.24, 2.45) is 0 Å². The Morgan fingerprint density at radius 3 is 2.24 bits per heavy atom. The highest BCUT2D eigenvalue weighted by molar-refractivity contribution is 6.42. The van der Waals surface area contributed by atoms with Crippen molar-refractivity contribution in [1.29, 1.82) is 0 Å². The van der Waals surface area contributed by atoms with Crippen molar-refractivity contribution in [3.8, 4) is 0 Å². The minimum absolute atomic E-state index is 0.107. The van der Waals surface area contributed by atoms with E-state index in [1.54, 1.807) is 13.0 Å². The van der Waals surface area contributed by atoms with Crippen LogP contribution >= 0.6 is 23.2 Å². The first-order valence-corrected chi connectivity index (χ1v) is 8.23. The fourth-order valence-electron chi connectivity index (χ4n) is 1.92. The smallest absolute Gasteiger partial charge is 0.219 e. The zero-order chi connectivity index (χ0) is 16.4. The van der Waals surface area contributed by atoms with Crippen LogP contribution in [0.3, 0.4) is 0 Å². The van der Waals surface area contributed by atoms with Gasteiger partial charge in [-0.1, -0.05) is 63.0 Å². The second-order valence-electron chi connectivity index (χ2n) is 4.09. The predicted molar refractivity (Wildman–Crippen MR) is 94.0 cm³/mol. The van der Waals surface area contributed by atoms with E-state index < -0.39 is 0 Å². The number of amides is 1. The summed E-state index contributed by atoms with van der Waals surface area (Å²) >= 11 is 11.9. The van der Waals surface area contributed by atoms with Crippen LogP contribution in [-0.4, -0.2) is 23.9 Å². The Morgan fingerprint density at radius 2 is 1.71 bits per heavy atom. The normalized spacial score (nSPS) is 13.3. The number of benzene rings is 1. The van der Waals surface area contributed by atoms with Gasteiger partial charge in [0.1, 0.15) is 0 Å². The molecule has 1 aromatic carbocycles. The summed E-state index contributed by atoms with van der Waals surface area (Å²) in [6, 6.07) is 5.57. The van der Waals surface area contributed by atoms with Crippen LogP contribution in [0, 0.1) is 0 Å². The van der Waals surface area contributed by atoms with Crippen LogP contribution in [0.25, 0.3) is 5.57 Å². The van der Waals surface area contributed by atoms with Crippen LogP contribution in [0.2, 0.25) is 10.0 Å². The molecule has 1 aromatic rings. The Kier molecular flexibility index (Phi) is 10.2. The lowest BCUT2D eigenvalue weighted by atomic mass is 10.0. The summed E-state index contributed by atoms with van der Waals surface area (Å²) in [5.41, 5.74) is 2.16. The highest BCUT2D eigenvalue weighted by atomic mass is 35.5. The number of nitrogens with zero attached hydrogens (tertiary/aromatic N) is 1. The van der Waals surface area contributed by atoms with Crippen LogP contribution in [0.15, 0.2) is 24.3 Å². The molecule has 1 amide bonds. The van der Waals surface area contributed by atoms with Crippen LogP contribution < -0.4 is 0 Å². The van der Waals surface area contributed by atoms with E-state index in [9.17, 15) is 4.79 Å². The fourth-order valence-corrected chi connectivity index (χ4v) is 2.22. The SMILES string of the molecule is CC.CC.CC(=O)N1CCC=C(c2ccc(Cl)c(Cl)c2)C1. The lowest BCUT2D eigenvalue weighted by molar-refractivity contribution is -0.128. The Morgan fingerprint density at radius 1 is 1.10 bits per heavy atom. The van der Waals surface area contributed by atoms with Gasteiger partial charge in [-0.2, -0.15) is 0 Å². The van der Waals surface area contributed by atoms with Gasteiger partial charge in [0.2, 0.25) is 5.91 Å². The van der Waals surface area contributed by atoms with E-state index in [4.69, 9.17) is 23.2 Å². The van der Waals surface area contributed by atoms with Gasteiger partial charge in [0, 0.05) is 20.0 Å². The first kappa shape index (κ1) is 20.0. The minimum atomic E-state index is 0.107. The maximum Gasteiger partial charge on any atom is 0.219 e. The Labute approximate surface area is 138 Å². The van der Waals surface area contributed by atoms with E-state index >= 15 is 0 Å². The van der Waals surface area contributed by atoms with Crippen LogP contribution in [0.1, 0.15) is 46.6 Å². The van der Waals surface area contributed by atoms with Gasteiger partial charge in [0.05, 0.1) is 10.0 Å². The third-order valence-corrected chi connectivity index (χ3v) is 3.63. The first-order chi connectivity index (χ1) is 10.1. The molecule has 0 aliphatic carbocycles. The van der Waals surface area contributed by atoms with E-state index in [1.165, 1.54) is 0 Å². The first-order valence-electron chi connectivity index (χ1n) is 7.48. The predicted octanol–water partition coefficient (Wildman–Crippen LogP) is 5.68. The molecule has 1 aliphatic rings. The standard InChI is InChI=1S/C13H13Cl2NO.2C2H6/c1-9(17)16-6-2-3-11(8-16)10-4-5-12(14)13(15)7-10;2*1-2/h3-5,7H,2,6,8H2,1H3;2*1-2H3. The molecule has 0 unspecified atom stereocenters. The van der Waals surface area contributed by atoms with Crippen molar-refractivity contribution >= 4 is 34.7 Å². The summed E-state index contributed by atoms with van der Waals surface area (Å²) in [6.45, 7) is 11.0. The summed E-state index contributed by atoms with van der Waals surface area (Å²) in [5, 5.41) is 1.10. The zero-order valence-corrected chi connectivity index (χ0v) is 15.1. The molecule has 0 saturated heterocycles. The average molecular weight is 330 g/mol. The number of carbonyl (C=O) groups is 1. The quantitative estimate of drug-likeness (QED) is 0.648. The molecular weight excluding hydrogens is 305 g/mol. The molecule has 0 radical (unpaired) electrons. The molecule has 0 spiro atoms. The Hall–Kier alpha value is -0.990. The van der Waals surface area contributed by atoms with Crippen LogP contribution in [-0.2, 0) is 4.79 Å². The van der Waals surface area contributed by atoms with E-state index in [2.05, 4.69) is 6.08 Å². The maximum absolute atomic E-state index is 11.3. The summed E-state index contributed by atoms with van der Waals surface area (Å²) in [4.78, 5) is 13.2. The number of carbonyl (C=O) groups excluding carboxylic acids is 1. The van der Waals surface area contributed by atoms with E-state index in [0.717, 1.165) is 24.1 Å². The third kappa shape index (κ3) is 6.11. The van der Waals surface area contributed by atoms with Gasteiger partial charge < -0.3 is 4.90 Å². The number of hydrogen-bond acceptors (Lipinski definition) is 1. The molecule has 0 fully saturated rings. The molecule has 0 N–H and O–H groups in total. The highest BCUT2D eigenvalue weighted by Crippen LogP contribution is 2.28. The molecule has 0 bridgehead atoms. The lowest BCUT2D eigenvalue weighted by Gasteiger charge is -2.26. The topological polar surface area (TPSA) is 20.3 Å². The molecule has 4 heteroatoms. The molecule has 21 heavy (non-hydrogen) atoms. The summed E-state index contributed by atoms with van der Waals surface area (Å²) in [7, 11) is 0. The third-order valence-electron chi connectivity index (χ3n) is 2.89. The van der Waals surface area contributed by atoms with Crippen molar-refractivity contribution in [3.63, 3.8) is 0 Å². The van der Waals surface area contributed by atoms with E-state index in [0.29, 0.717) is 16.6 Å². The Balaban J connectivity index is 0.000000921. The van der Waals surface area contributed by atoms with E-state index in [1.807, 2.05) is 44.7 Å². The number of rotatable bonds is 1. The second-order valence-corrected chi connectivity index (χ2v) is 4.90. The Bertz CT molecular complexity index is 484. The van der Waals surface area contributed by atoms with Crippen molar-refractivity contribution < 1.29 is 4.79 Å². The summed E-state index contributed by atoms with van der Waals surface area (Å²) in [5.74, 6) is 0.107. The monoisotopic (exact) mass is 329 g/mol. The number of hydrogen-bond donors (Lipinski definition) is 0. The van der Waals surface area contributed by atoms with Gasteiger partial charge in [-0.3, -0.25) is 4.79 Å². The van der Waals surface area contributed by atoms with Crippen molar-refractivity contribution in [2.45, 2.75) is 41.0 Å². The van der Waals surface area contributed by atoms with Gasteiger partial charge in [0.25, 0.3) is 0 Å². The van der Waals surface area contributed by atoms with Gasteiger partial charge in [-0.05, 0) is 29.7 Å². The minimum Gasteiger partial charge on any atom is -0.338 e.